The molecule has 0 bridgehead atoms. The first kappa shape index (κ1) is 9.12. The minimum absolute atomic E-state index is 0.0152. The zero-order valence-electron chi connectivity index (χ0n) is 7.66. The number of halogens is 1. The summed E-state index contributed by atoms with van der Waals surface area (Å²) in [6, 6.07) is 1.43. The molecule has 1 aliphatic heterocycles. The number of carbonyl (C=O) groups is 1. The lowest BCUT2D eigenvalue weighted by Gasteiger charge is -2.05. The van der Waals surface area contributed by atoms with E-state index in [4.69, 9.17) is 0 Å². The Bertz CT molecular complexity index is 354. The number of amides is 1. The van der Waals surface area contributed by atoms with E-state index in [9.17, 15) is 9.18 Å². The third-order valence-electron chi connectivity index (χ3n) is 2.41. The number of hydrogen-bond acceptors (Lipinski definition) is 2. The van der Waals surface area contributed by atoms with Crippen LogP contribution in [-0.4, -0.2) is 17.4 Å². The summed E-state index contributed by atoms with van der Waals surface area (Å²) in [7, 11) is 0. The zero-order valence-corrected chi connectivity index (χ0v) is 7.66. The lowest BCUT2D eigenvalue weighted by Crippen LogP contribution is -2.20. The molecule has 0 aliphatic carbocycles. The number of hydrogen-bond donors (Lipinski definition) is 1. The van der Waals surface area contributed by atoms with Crippen molar-refractivity contribution in [2.24, 2.45) is 5.92 Å². The van der Waals surface area contributed by atoms with Crippen LogP contribution in [0.4, 0.5) is 4.39 Å². The van der Waals surface area contributed by atoms with Gasteiger partial charge < -0.3 is 5.32 Å². The maximum atomic E-state index is 12.8. The molecule has 14 heavy (non-hydrogen) atoms. The molecule has 1 saturated heterocycles. The fourth-order valence-corrected chi connectivity index (χ4v) is 1.69. The van der Waals surface area contributed by atoms with Crippen LogP contribution in [-0.2, 0) is 11.2 Å². The molecule has 1 aromatic heterocycles. The van der Waals surface area contributed by atoms with Gasteiger partial charge in [0.1, 0.15) is 5.82 Å². The first-order valence-electron chi connectivity index (χ1n) is 4.63. The van der Waals surface area contributed by atoms with Crippen LogP contribution < -0.4 is 5.32 Å². The van der Waals surface area contributed by atoms with Crippen molar-refractivity contribution in [3.8, 4) is 0 Å². The van der Waals surface area contributed by atoms with E-state index in [-0.39, 0.29) is 17.6 Å². The quantitative estimate of drug-likeness (QED) is 0.760. The van der Waals surface area contributed by atoms with Crippen LogP contribution in [0.3, 0.4) is 0 Å². The minimum Gasteiger partial charge on any atom is -0.356 e. The van der Waals surface area contributed by atoms with Gasteiger partial charge in [0.15, 0.2) is 0 Å². The molecule has 1 fully saturated rings. The second-order valence-corrected chi connectivity index (χ2v) is 3.49. The molecule has 1 amide bonds. The molecule has 3 nitrogen and oxygen atoms in total. The highest BCUT2D eigenvalue weighted by atomic mass is 19.1. The summed E-state index contributed by atoms with van der Waals surface area (Å²) in [6.07, 6.45) is 4.18. The van der Waals surface area contributed by atoms with Gasteiger partial charge in [-0.05, 0) is 24.5 Å². The molecule has 1 atom stereocenters. The number of nitrogens with zero attached hydrogens (tertiary/aromatic N) is 1. The third-order valence-corrected chi connectivity index (χ3v) is 2.41. The SMILES string of the molecule is O=C1NCCC1Cc1cncc(F)c1. The van der Waals surface area contributed by atoms with Gasteiger partial charge in [0.25, 0.3) is 0 Å². The predicted octanol–water partition coefficient (Wildman–Crippen LogP) is 0.899. The molecule has 1 unspecified atom stereocenters. The third kappa shape index (κ3) is 1.89. The summed E-state index contributed by atoms with van der Waals surface area (Å²) in [5.74, 6) is -0.297. The molecule has 2 heterocycles. The number of aromatic nitrogens is 1. The van der Waals surface area contributed by atoms with Gasteiger partial charge in [0, 0.05) is 18.7 Å². The van der Waals surface area contributed by atoms with Crippen molar-refractivity contribution in [2.45, 2.75) is 12.8 Å². The molecular formula is C10H11FN2O. The Balaban J connectivity index is 2.07. The number of pyridine rings is 1. The standard InChI is InChI=1S/C10H11FN2O/c11-9-4-7(5-12-6-9)3-8-1-2-13-10(8)14/h4-6,8H,1-3H2,(H,13,14). The lowest BCUT2D eigenvalue weighted by molar-refractivity contribution is -0.122. The van der Waals surface area contributed by atoms with E-state index >= 15 is 0 Å². The Morgan fingerprint density at radius 1 is 1.57 bits per heavy atom. The van der Waals surface area contributed by atoms with E-state index in [1.807, 2.05) is 0 Å². The van der Waals surface area contributed by atoms with Crippen LogP contribution in [0.1, 0.15) is 12.0 Å². The summed E-state index contributed by atoms with van der Waals surface area (Å²) in [5, 5.41) is 2.75. The molecule has 4 heteroatoms. The van der Waals surface area contributed by atoms with Crippen molar-refractivity contribution >= 4 is 5.91 Å². The summed E-state index contributed by atoms with van der Waals surface area (Å²) < 4.78 is 12.8. The highest BCUT2D eigenvalue weighted by Crippen LogP contribution is 2.16. The molecule has 74 valence electrons. The van der Waals surface area contributed by atoms with Crippen molar-refractivity contribution < 1.29 is 9.18 Å². The summed E-state index contributed by atoms with van der Waals surface area (Å²) in [4.78, 5) is 15.0. The van der Waals surface area contributed by atoms with Crippen molar-refractivity contribution in [3.63, 3.8) is 0 Å². The van der Waals surface area contributed by atoms with Gasteiger partial charge in [-0.3, -0.25) is 9.78 Å². The lowest BCUT2D eigenvalue weighted by atomic mass is 9.99. The Hall–Kier alpha value is -1.45. The zero-order chi connectivity index (χ0) is 9.97. The summed E-state index contributed by atoms with van der Waals surface area (Å²) in [5.41, 5.74) is 0.784. The van der Waals surface area contributed by atoms with E-state index in [1.165, 1.54) is 6.07 Å². The van der Waals surface area contributed by atoms with Crippen LogP contribution >= 0.6 is 0 Å². The maximum Gasteiger partial charge on any atom is 0.223 e. The van der Waals surface area contributed by atoms with Gasteiger partial charge in [0.05, 0.1) is 6.20 Å². The Labute approximate surface area is 81.3 Å². The van der Waals surface area contributed by atoms with E-state index in [1.54, 1.807) is 6.20 Å². The highest BCUT2D eigenvalue weighted by Gasteiger charge is 2.24. The van der Waals surface area contributed by atoms with Gasteiger partial charge in [-0.25, -0.2) is 4.39 Å². The normalized spacial score (nSPS) is 20.9. The fraction of sp³-hybridized carbons (Fsp3) is 0.400. The highest BCUT2D eigenvalue weighted by molar-refractivity contribution is 5.80. The van der Waals surface area contributed by atoms with Crippen molar-refractivity contribution in [1.82, 2.24) is 10.3 Å². The fourth-order valence-electron chi connectivity index (χ4n) is 1.69. The van der Waals surface area contributed by atoms with Crippen molar-refractivity contribution in [2.75, 3.05) is 6.54 Å². The van der Waals surface area contributed by atoms with Gasteiger partial charge in [-0.15, -0.1) is 0 Å². The Kier molecular flexibility index (Phi) is 2.43. The van der Waals surface area contributed by atoms with Gasteiger partial charge in [0.2, 0.25) is 5.91 Å². The van der Waals surface area contributed by atoms with Crippen LogP contribution in [0, 0.1) is 11.7 Å². The molecule has 0 saturated carbocycles. The molecule has 1 aliphatic rings. The summed E-state index contributed by atoms with van der Waals surface area (Å²) in [6.45, 7) is 0.728. The Morgan fingerprint density at radius 2 is 2.43 bits per heavy atom. The Morgan fingerprint density at radius 3 is 3.07 bits per heavy atom. The van der Waals surface area contributed by atoms with E-state index < -0.39 is 0 Å². The summed E-state index contributed by atoms with van der Waals surface area (Å²) >= 11 is 0. The largest absolute Gasteiger partial charge is 0.356 e. The topological polar surface area (TPSA) is 42.0 Å². The molecule has 0 aromatic carbocycles. The van der Waals surface area contributed by atoms with E-state index in [0.29, 0.717) is 6.42 Å². The smallest absolute Gasteiger partial charge is 0.223 e. The maximum absolute atomic E-state index is 12.8. The number of rotatable bonds is 2. The average Bonchev–Trinajstić information content (AvgIpc) is 2.52. The van der Waals surface area contributed by atoms with Crippen LogP contribution in [0.25, 0.3) is 0 Å². The van der Waals surface area contributed by atoms with Crippen molar-refractivity contribution in [3.05, 3.63) is 29.8 Å². The van der Waals surface area contributed by atoms with Crippen molar-refractivity contribution in [1.29, 1.82) is 0 Å². The van der Waals surface area contributed by atoms with E-state index in [0.717, 1.165) is 24.7 Å². The van der Waals surface area contributed by atoms with Crippen LogP contribution in [0.15, 0.2) is 18.5 Å². The molecule has 2 rings (SSSR count). The number of carbonyl (C=O) groups excluding carboxylic acids is 1. The first-order chi connectivity index (χ1) is 6.75. The van der Waals surface area contributed by atoms with Gasteiger partial charge in [-0.1, -0.05) is 0 Å². The number of nitrogens with one attached hydrogen (secondary N) is 1. The molecule has 1 aromatic rings. The molecule has 0 spiro atoms. The minimum atomic E-state index is -0.346. The van der Waals surface area contributed by atoms with E-state index in [2.05, 4.69) is 10.3 Å². The van der Waals surface area contributed by atoms with Gasteiger partial charge >= 0.3 is 0 Å². The second-order valence-electron chi connectivity index (χ2n) is 3.49. The average molecular weight is 194 g/mol. The molecular weight excluding hydrogens is 183 g/mol. The monoisotopic (exact) mass is 194 g/mol. The van der Waals surface area contributed by atoms with Crippen LogP contribution in [0.5, 0.6) is 0 Å². The molecule has 1 N–H and O–H groups in total. The predicted molar refractivity (Wildman–Crippen MR) is 49.0 cm³/mol. The first-order valence-corrected chi connectivity index (χ1v) is 4.63. The van der Waals surface area contributed by atoms with Gasteiger partial charge in [-0.2, -0.15) is 0 Å². The van der Waals surface area contributed by atoms with Crippen LogP contribution in [0.2, 0.25) is 0 Å². The molecule has 0 radical (unpaired) electrons. The second kappa shape index (κ2) is 3.74.